The first kappa shape index (κ1) is 12.6. The molecule has 0 unspecified atom stereocenters. The lowest BCUT2D eigenvalue weighted by Crippen LogP contribution is -2.22. The summed E-state index contributed by atoms with van der Waals surface area (Å²) in [6.45, 7) is 0. The van der Waals surface area contributed by atoms with E-state index in [4.69, 9.17) is 0 Å². The van der Waals surface area contributed by atoms with Crippen molar-refractivity contribution in [3.05, 3.63) is 99.9 Å². The molecular formula is C18H8O4. The Labute approximate surface area is 122 Å². The van der Waals surface area contributed by atoms with Crippen molar-refractivity contribution >= 4 is 10.8 Å². The zero-order chi connectivity index (χ0) is 15.4. The van der Waals surface area contributed by atoms with E-state index in [-0.39, 0.29) is 15.9 Å². The molecule has 4 nitrogen and oxygen atoms in total. The molecule has 0 fully saturated rings. The first-order valence-corrected chi connectivity index (χ1v) is 6.71. The van der Waals surface area contributed by atoms with Gasteiger partial charge in [0.1, 0.15) is 0 Å². The van der Waals surface area contributed by atoms with E-state index in [0.717, 1.165) is 12.1 Å². The zero-order valence-corrected chi connectivity index (χ0v) is 11.3. The molecule has 3 aliphatic rings. The van der Waals surface area contributed by atoms with Crippen LogP contribution in [0.1, 0.15) is 0 Å². The van der Waals surface area contributed by atoms with Crippen molar-refractivity contribution in [2.75, 3.05) is 0 Å². The highest BCUT2D eigenvalue weighted by atomic mass is 16.1. The summed E-state index contributed by atoms with van der Waals surface area (Å²) in [7, 11) is 0. The van der Waals surface area contributed by atoms with E-state index < -0.39 is 16.3 Å². The van der Waals surface area contributed by atoms with E-state index in [0.29, 0.717) is 21.9 Å². The summed E-state index contributed by atoms with van der Waals surface area (Å²) in [5, 5.41) is 0.992. The van der Waals surface area contributed by atoms with E-state index >= 15 is 0 Å². The minimum Gasteiger partial charge on any atom is -0.289 e. The lowest BCUT2D eigenvalue weighted by Gasteiger charge is -2.09. The maximum atomic E-state index is 12.3. The Morgan fingerprint density at radius 2 is 1.09 bits per heavy atom. The van der Waals surface area contributed by atoms with E-state index in [9.17, 15) is 19.2 Å². The summed E-state index contributed by atoms with van der Waals surface area (Å²) in [6.07, 6.45) is 0. The highest BCUT2D eigenvalue weighted by Gasteiger charge is 2.16. The maximum absolute atomic E-state index is 12.3. The topological polar surface area (TPSA) is 68.3 Å². The van der Waals surface area contributed by atoms with Crippen molar-refractivity contribution in [2.45, 2.75) is 0 Å². The highest BCUT2D eigenvalue weighted by molar-refractivity contribution is 5.98. The fraction of sp³-hybridized carbons (Fsp3) is 0. The van der Waals surface area contributed by atoms with Gasteiger partial charge in [-0.3, -0.25) is 19.2 Å². The molecule has 0 atom stereocenters. The van der Waals surface area contributed by atoms with Gasteiger partial charge in [0.2, 0.25) is 0 Å². The van der Waals surface area contributed by atoms with E-state index in [1.807, 2.05) is 0 Å². The van der Waals surface area contributed by atoms with Crippen LogP contribution >= 0.6 is 0 Å². The van der Waals surface area contributed by atoms with Crippen LogP contribution in [0.4, 0.5) is 0 Å². The summed E-state index contributed by atoms with van der Waals surface area (Å²) in [5.41, 5.74) is -0.766. The first-order chi connectivity index (χ1) is 10.6. The second-order valence-electron chi connectivity index (χ2n) is 5.20. The highest BCUT2D eigenvalue weighted by Crippen LogP contribution is 2.27. The maximum Gasteiger partial charge on any atom is 0.191 e. The monoisotopic (exact) mass is 288 g/mol. The van der Waals surface area contributed by atoms with Crippen LogP contribution in [0.2, 0.25) is 0 Å². The molecule has 104 valence electrons. The molecule has 3 aliphatic carbocycles. The molecule has 0 radical (unpaired) electrons. The van der Waals surface area contributed by atoms with E-state index in [1.165, 1.54) is 12.1 Å². The Morgan fingerprint density at radius 1 is 0.500 bits per heavy atom. The molecule has 1 aromatic carbocycles. The largest absolute Gasteiger partial charge is 0.289 e. The predicted molar refractivity (Wildman–Crippen MR) is 83.3 cm³/mol. The van der Waals surface area contributed by atoms with Gasteiger partial charge in [-0.25, -0.2) is 0 Å². The Hall–Kier alpha value is -3.14. The van der Waals surface area contributed by atoms with Crippen LogP contribution in [0.15, 0.2) is 67.7 Å². The number of rotatable bonds is 0. The van der Waals surface area contributed by atoms with Crippen LogP contribution in [0.25, 0.3) is 21.9 Å². The molecule has 1 aromatic rings. The molecule has 4 heteroatoms. The molecule has 4 rings (SSSR count). The normalized spacial score (nSPS) is 11.5. The SMILES string of the molecule is O=c1ccc(=O)c2c(=O)cc3c4ccccc4c(=O)cc-3c1=2. The molecule has 0 spiro atoms. The van der Waals surface area contributed by atoms with Crippen LogP contribution in [0.5, 0.6) is 0 Å². The van der Waals surface area contributed by atoms with Gasteiger partial charge in [-0.2, -0.15) is 0 Å². The molecule has 0 heterocycles. The van der Waals surface area contributed by atoms with Crippen LogP contribution in [0.3, 0.4) is 0 Å². The average molecular weight is 288 g/mol. The van der Waals surface area contributed by atoms with Gasteiger partial charge in [-0.05, 0) is 40.8 Å². The Balaban J connectivity index is 2.52. The summed E-state index contributed by atoms with van der Waals surface area (Å²) < 4.78 is 0. The molecule has 0 amide bonds. The van der Waals surface area contributed by atoms with Crippen molar-refractivity contribution < 1.29 is 0 Å². The second kappa shape index (κ2) is 4.18. The van der Waals surface area contributed by atoms with Crippen LogP contribution < -0.4 is 21.7 Å². The lowest BCUT2D eigenvalue weighted by molar-refractivity contribution is 1.31. The third kappa shape index (κ3) is 1.52. The smallest absolute Gasteiger partial charge is 0.191 e. The second-order valence-corrected chi connectivity index (χ2v) is 5.20. The number of hydrogen-bond donors (Lipinski definition) is 0. The summed E-state index contributed by atoms with van der Waals surface area (Å²) >= 11 is 0. The molecule has 0 N–H and O–H groups in total. The first-order valence-electron chi connectivity index (χ1n) is 6.71. The molecule has 0 aromatic heterocycles. The van der Waals surface area contributed by atoms with Gasteiger partial charge in [0.05, 0.1) is 5.22 Å². The van der Waals surface area contributed by atoms with E-state index in [1.54, 1.807) is 24.3 Å². The third-order valence-electron chi connectivity index (χ3n) is 3.97. The molecule has 22 heavy (non-hydrogen) atoms. The van der Waals surface area contributed by atoms with Gasteiger partial charge >= 0.3 is 0 Å². The molecular weight excluding hydrogens is 280 g/mol. The van der Waals surface area contributed by atoms with Crippen molar-refractivity contribution in [3.63, 3.8) is 0 Å². The van der Waals surface area contributed by atoms with Gasteiger partial charge in [0.25, 0.3) is 0 Å². The zero-order valence-electron chi connectivity index (χ0n) is 11.3. The molecule has 0 aliphatic heterocycles. The van der Waals surface area contributed by atoms with Crippen LogP contribution in [-0.2, 0) is 0 Å². The lowest BCUT2D eigenvalue weighted by atomic mass is 9.92. The molecule has 0 bridgehead atoms. The third-order valence-corrected chi connectivity index (χ3v) is 3.97. The Morgan fingerprint density at radius 3 is 1.82 bits per heavy atom. The van der Waals surface area contributed by atoms with Gasteiger partial charge in [0, 0.05) is 10.6 Å². The van der Waals surface area contributed by atoms with Gasteiger partial charge in [-0.15, -0.1) is 0 Å². The van der Waals surface area contributed by atoms with Crippen LogP contribution in [0, 0.1) is 10.4 Å². The minimum atomic E-state index is -0.498. The van der Waals surface area contributed by atoms with Crippen molar-refractivity contribution in [2.24, 2.45) is 0 Å². The predicted octanol–water partition coefficient (Wildman–Crippen LogP) is 0.986. The van der Waals surface area contributed by atoms with Crippen molar-refractivity contribution in [1.29, 1.82) is 0 Å². The summed E-state index contributed by atoms with van der Waals surface area (Å²) in [5.74, 6) is 0. The minimum absolute atomic E-state index is 0.0397. The van der Waals surface area contributed by atoms with Crippen molar-refractivity contribution in [3.8, 4) is 11.1 Å². The van der Waals surface area contributed by atoms with E-state index in [2.05, 4.69) is 0 Å². The van der Waals surface area contributed by atoms with Gasteiger partial charge in [0.15, 0.2) is 21.7 Å². The Kier molecular flexibility index (Phi) is 2.39. The van der Waals surface area contributed by atoms with Gasteiger partial charge < -0.3 is 0 Å². The van der Waals surface area contributed by atoms with Gasteiger partial charge in [-0.1, -0.05) is 24.3 Å². The molecule has 0 saturated carbocycles. The number of hydrogen-bond acceptors (Lipinski definition) is 4. The quantitative estimate of drug-likeness (QED) is 0.484. The van der Waals surface area contributed by atoms with Crippen molar-refractivity contribution in [1.82, 2.24) is 0 Å². The fourth-order valence-corrected chi connectivity index (χ4v) is 3.01. The summed E-state index contributed by atoms with van der Waals surface area (Å²) in [6, 6.07) is 11.8. The number of fused-ring (bicyclic) bond motifs is 4. The standard InChI is InChI=1S/C18H8O4/c19-13-5-6-14(20)18-16(22)7-11-9-3-1-2-4-10(9)15(21)8-12(11)17(13)18/h1-8H. The Bertz CT molecular complexity index is 1290. The summed E-state index contributed by atoms with van der Waals surface area (Å²) in [4.78, 5) is 48.6. The average Bonchev–Trinajstić information content (AvgIpc) is 2.52. The molecule has 0 saturated heterocycles. The fourth-order valence-electron chi connectivity index (χ4n) is 3.01. The van der Waals surface area contributed by atoms with Crippen LogP contribution in [-0.4, -0.2) is 0 Å². The number of benzene rings is 2.